The van der Waals surface area contributed by atoms with Gasteiger partial charge in [0.1, 0.15) is 5.00 Å². The normalized spacial score (nSPS) is 10.1. The van der Waals surface area contributed by atoms with E-state index in [1.807, 2.05) is 12.1 Å². The van der Waals surface area contributed by atoms with Crippen LogP contribution >= 0.6 is 11.5 Å². The van der Waals surface area contributed by atoms with Crippen LogP contribution in [-0.4, -0.2) is 30.9 Å². The second kappa shape index (κ2) is 6.24. The molecule has 0 spiro atoms. The van der Waals surface area contributed by atoms with E-state index in [-0.39, 0.29) is 0 Å². The van der Waals surface area contributed by atoms with Gasteiger partial charge in [-0.3, -0.25) is 0 Å². The minimum Gasteiger partial charge on any atom is -0.493 e. The van der Waals surface area contributed by atoms with E-state index in [1.54, 1.807) is 27.5 Å². The number of aromatic nitrogens is 2. The molecule has 19 heavy (non-hydrogen) atoms. The summed E-state index contributed by atoms with van der Waals surface area (Å²) in [4.78, 5) is 0. The summed E-state index contributed by atoms with van der Waals surface area (Å²) in [6.45, 7) is 0.591. The lowest BCUT2D eigenvalue weighted by Crippen LogP contribution is -2.03. The van der Waals surface area contributed by atoms with Crippen LogP contribution in [0.4, 0.5) is 5.00 Å². The van der Waals surface area contributed by atoms with Crippen LogP contribution in [0.5, 0.6) is 17.2 Å². The second-order valence-corrected chi connectivity index (χ2v) is 4.41. The first-order valence-corrected chi connectivity index (χ1v) is 6.36. The molecule has 0 aliphatic heterocycles. The third kappa shape index (κ3) is 2.87. The van der Waals surface area contributed by atoms with Crippen molar-refractivity contribution in [2.45, 2.75) is 6.54 Å². The molecule has 0 atom stereocenters. The van der Waals surface area contributed by atoms with Crippen molar-refractivity contribution in [1.29, 1.82) is 0 Å². The van der Waals surface area contributed by atoms with Gasteiger partial charge in [-0.1, -0.05) is 4.49 Å². The molecular weight excluding hydrogens is 266 g/mol. The van der Waals surface area contributed by atoms with Crippen molar-refractivity contribution >= 4 is 16.5 Å². The largest absolute Gasteiger partial charge is 0.493 e. The molecule has 0 saturated heterocycles. The van der Waals surface area contributed by atoms with Gasteiger partial charge in [0.2, 0.25) is 5.75 Å². The van der Waals surface area contributed by atoms with Crippen LogP contribution in [0.1, 0.15) is 5.56 Å². The molecule has 102 valence electrons. The van der Waals surface area contributed by atoms with Gasteiger partial charge in [-0.05, 0) is 12.1 Å². The topological polar surface area (TPSA) is 65.5 Å². The van der Waals surface area contributed by atoms with Gasteiger partial charge < -0.3 is 19.5 Å². The molecule has 0 amide bonds. The molecule has 6 nitrogen and oxygen atoms in total. The summed E-state index contributed by atoms with van der Waals surface area (Å²) in [6.07, 6.45) is 1.68. The summed E-state index contributed by atoms with van der Waals surface area (Å²) >= 11 is 1.30. The zero-order chi connectivity index (χ0) is 13.7. The number of benzene rings is 1. The van der Waals surface area contributed by atoms with Crippen molar-refractivity contribution in [2.24, 2.45) is 0 Å². The fourth-order valence-electron chi connectivity index (χ4n) is 1.73. The van der Waals surface area contributed by atoms with Crippen LogP contribution < -0.4 is 19.5 Å². The highest BCUT2D eigenvalue weighted by Gasteiger charge is 2.15. The summed E-state index contributed by atoms with van der Waals surface area (Å²) < 4.78 is 19.8. The number of anilines is 1. The maximum absolute atomic E-state index is 5.41. The Bertz CT molecular complexity index is 531. The minimum atomic E-state index is 0.590. The number of methoxy groups -OCH3 is 3. The molecule has 0 saturated carbocycles. The molecule has 1 N–H and O–H groups in total. The number of hydrogen-bond donors (Lipinski definition) is 1. The Morgan fingerprint density at radius 1 is 1.11 bits per heavy atom. The Kier molecular flexibility index (Phi) is 4.40. The zero-order valence-corrected chi connectivity index (χ0v) is 11.8. The Balaban J connectivity index is 2.24. The van der Waals surface area contributed by atoms with Crippen molar-refractivity contribution < 1.29 is 14.2 Å². The summed E-state index contributed by atoms with van der Waals surface area (Å²) in [5.74, 6) is 1.89. The predicted molar refractivity (Wildman–Crippen MR) is 73.3 cm³/mol. The minimum absolute atomic E-state index is 0.590. The number of nitrogens with zero attached hydrogens (tertiary/aromatic N) is 2. The molecule has 0 fully saturated rings. The van der Waals surface area contributed by atoms with Crippen LogP contribution in [0.2, 0.25) is 0 Å². The monoisotopic (exact) mass is 281 g/mol. The molecule has 0 radical (unpaired) electrons. The number of nitrogens with one attached hydrogen (secondary N) is 1. The van der Waals surface area contributed by atoms with Gasteiger partial charge in [0.15, 0.2) is 11.5 Å². The molecule has 7 heteroatoms. The average Bonchev–Trinajstić information content (AvgIpc) is 2.96. The third-order valence-electron chi connectivity index (χ3n) is 2.60. The standard InChI is InChI=1S/C12H15N3O3S/c1-16-9-5-4-8(11(17-2)12(9)18-3)6-13-10-7-14-15-19-10/h4-5,7,13H,6H2,1-3H3. The van der Waals surface area contributed by atoms with Gasteiger partial charge in [0, 0.05) is 23.6 Å². The second-order valence-electron chi connectivity index (χ2n) is 3.63. The highest BCUT2D eigenvalue weighted by molar-refractivity contribution is 7.09. The van der Waals surface area contributed by atoms with Crippen molar-refractivity contribution in [3.63, 3.8) is 0 Å². The van der Waals surface area contributed by atoms with Crippen LogP contribution in [-0.2, 0) is 6.54 Å². The van der Waals surface area contributed by atoms with Crippen molar-refractivity contribution in [2.75, 3.05) is 26.6 Å². The first-order chi connectivity index (χ1) is 9.30. The number of hydrogen-bond acceptors (Lipinski definition) is 7. The van der Waals surface area contributed by atoms with E-state index in [0.29, 0.717) is 23.8 Å². The summed E-state index contributed by atoms with van der Waals surface area (Å²) in [6, 6.07) is 3.78. The fourth-order valence-corrected chi connectivity index (χ4v) is 2.14. The van der Waals surface area contributed by atoms with E-state index in [2.05, 4.69) is 14.9 Å². The maximum atomic E-state index is 5.41. The third-order valence-corrected chi connectivity index (χ3v) is 3.22. The molecule has 1 aromatic heterocycles. The molecule has 2 aromatic rings. The van der Waals surface area contributed by atoms with E-state index in [4.69, 9.17) is 14.2 Å². The lowest BCUT2D eigenvalue weighted by molar-refractivity contribution is 0.322. The maximum Gasteiger partial charge on any atom is 0.203 e. The van der Waals surface area contributed by atoms with E-state index in [0.717, 1.165) is 10.6 Å². The molecule has 0 unspecified atom stereocenters. The molecule has 0 aliphatic carbocycles. The average molecular weight is 281 g/mol. The van der Waals surface area contributed by atoms with Gasteiger partial charge in [-0.2, -0.15) is 0 Å². The summed E-state index contributed by atoms with van der Waals surface area (Å²) in [5, 5.41) is 7.89. The summed E-state index contributed by atoms with van der Waals surface area (Å²) in [5.41, 5.74) is 0.966. The van der Waals surface area contributed by atoms with Crippen molar-refractivity contribution in [3.8, 4) is 17.2 Å². The Hall–Kier alpha value is -2.02. The molecule has 2 rings (SSSR count). The van der Waals surface area contributed by atoms with E-state index in [9.17, 15) is 0 Å². The molecule has 0 aliphatic rings. The SMILES string of the molecule is COc1ccc(CNc2cnns2)c(OC)c1OC. The fraction of sp³-hybridized carbons (Fsp3) is 0.333. The van der Waals surface area contributed by atoms with Gasteiger partial charge in [-0.25, -0.2) is 0 Å². The lowest BCUT2D eigenvalue weighted by Gasteiger charge is -2.15. The van der Waals surface area contributed by atoms with Gasteiger partial charge in [0.05, 0.1) is 27.5 Å². The van der Waals surface area contributed by atoms with Gasteiger partial charge in [-0.15, -0.1) is 5.10 Å². The Labute approximate surface area is 115 Å². The number of ether oxygens (including phenoxy) is 3. The van der Waals surface area contributed by atoms with Crippen LogP contribution in [0, 0.1) is 0 Å². The smallest absolute Gasteiger partial charge is 0.203 e. The first kappa shape index (κ1) is 13.4. The summed E-state index contributed by atoms with van der Waals surface area (Å²) in [7, 11) is 4.79. The van der Waals surface area contributed by atoms with Gasteiger partial charge >= 0.3 is 0 Å². The van der Waals surface area contributed by atoms with Crippen LogP contribution in [0.25, 0.3) is 0 Å². The molecular formula is C12H15N3O3S. The highest BCUT2D eigenvalue weighted by Crippen LogP contribution is 2.39. The van der Waals surface area contributed by atoms with Crippen molar-refractivity contribution in [3.05, 3.63) is 23.9 Å². The van der Waals surface area contributed by atoms with E-state index in [1.165, 1.54) is 11.5 Å². The van der Waals surface area contributed by atoms with Crippen molar-refractivity contribution in [1.82, 2.24) is 9.59 Å². The zero-order valence-electron chi connectivity index (χ0n) is 11.0. The molecule has 1 aromatic carbocycles. The highest BCUT2D eigenvalue weighted by atomic mass is 32.1. The number of rotatable bonds is 6. The van der Waals surface area contributed by atoms with Gasteiger partial charge in [0.25, 0.3) is 0 Å². The molecule has 0 bridgehead atoms. The quantitative estimate of drug-likeness (QED) is 0.875. The predicted octanol–water partition coefficient (Wildman–Crippen LogP) is 2.18. The Morgan fingerprint density at radius 3 is 2.47 bits per heavy atom. The molecule has 1 heterocycles. The first-order valence-electron chi connectivity index (χ1n) is 5.59. The van der Waals surface area contributed by atoms with Crippen LogP contribution in [0.3, 0.4) is 0 Å². The van der Waals surface area contributed by atoms with E-state index < -0.39 is 0 Å². The Morgan fingerprint density at radius 2 is 1.89 bits per heavy atom. The van der Waals surface area contributed by atoms with E-state index >= 15 is 0 Å². The lowest BCUT2D eigenvalue weighted by atomic mass is 10.1. The van der Waals surface area contributed by atoms with Crippen LogP contribution in [0.15, 0.2) is 18.3 Å².